The molecule has 1 aliphatic carbocycles. The van der Waals surface area contributed by atoms with E-state index in [0.717, 1.165) is 30.9 Å². The molecule has 0 saturated heterocycles. The Morgan fingerprint density at radius 3 is 2.70 bits per heavy atom. The Kier molecular flexibility index (Phi) is 6.58. The van der Waals surface area contributed by atoms with Gasteiger partial charge in [0.2, 0.25) is 0 Å². The van der Waals surface area contributed by atoms with E-state index in [-0.39, 0.29) is 5.91 Å². The van der Waals surface area contributed by atoms with Gasteiger partial charge in [-0.1, -0.05) is 29.8 Å². The van der Waals surface area contributed by atoms with Gasteiger partial charge in [-0.25, -0.2) is 9.97 Å². The van der Waals surface area contributed by atoms with Gasteiger partial charge in [-0.3, -0.25) is 4.79 Å². The third-order valence-corrected chi connectivity index (χ3v) is 4.83. The average Bonchev–Trinajstić information content (AvgIpc) is 2.70. The summed E-state index contributed by atoms with van der Waals surface area (Å²) in [5, 5.41) is 3.01. The minimum atomic E-state index is -0.137. The van der Waals surface area contributed by atoms with Gasteiger partial charge in [0.05, 0.1) is 0 Å². The monoisotopic (exact) mass is 364 g/mol. The lowest BCUT2D eigenvalue weighted by Gasteiger charge is -2.22. The van der Waals surface area contributed by atoms with Gasteiger partial charge in [-0.2, -0.15) is 0 Å². The molecule has 2 aromatic rings. The van der Waals surface area contributed by atoms with E-state index in [2.05, 4.69) is 33.2 Å². The summed E-state index contributed by atoms with van der Waals surface area (Å²) in [7, 11) is 0. The lowest BCUT2D eigenvalue weighted by Crippen LogP contribution is -2.27. The second kappa shape index (κ2) is 9.31. The highest BCUT2D eigenvalue weighted by atomic mass is 16.1. The zero-order chi connectivity index (χ0) is 19.1. The van der Waals surface area contributed by atoms with Crippen LogP contribution in [0, 0.1) is 6.92 Å². The molecule has 1 aliphatic rings. The maximum Gasteiger partial charge on any atom is 0.270 e. The number of hydrogen-bond donors (Lipinski definition) is 1. The van der Waals surface area contributed by atoms with Crippen molar-refractivity contribution in [2.75, 3.05) is 18.0 Å². The van der Waals surface area contributed by atoms with E-state index in [4.69, 9.17) is 0 Å². The van der Waals surface area contributed by atoms with Crippen LogP contribution in [0.2, 0.25) is 0 Å². The molecule has 1 amide bonds. The highest BCUT2D eigenvalue weighted by Crippen LogP contribution is 2.23. The highest BCUT2D eigenvalue weighted by molar-refractivity contribution is 5.93. The van der Waals surface area contributed by atoms with Gasteiger partial charge < -0.3 is 10.2 Å². The number of hydrogen-bond acceptors (Lipinski definition) is 4. The van der Waals surface area contributed by atoms with Crippen LogP contribution < -0.4 is 10.2 Å². The van der Waals surface area contributed by atoms with Crippen molar-refractivity contribution in [3.63, 3.8) is 0 Å². The molecular weight excluding hydrogens is 336 g/mol. The number of carbonyl (C=O) groups excluding carboxylic acids is 1. The standard InChI is InChI=1S/C22H28N4O/c1-3-26(19-12-8-5-9-13-19)21-16-20(24-17(2)25-21)22(27)23-15-14-18-10-6-4-7-11-18/h5,8-10,12-13,16H,3-4,6-7,11,14-15H2,1-2H3,(H,23,27). The van der Waals surface area contributed by atoms with Gasteiger partial charge in [-0.05, 0) is 58.1 Å². The number of aromatic nitrogens is 2. The summed E-state index contributed by atoms with van der Waals surface area (Å²) in [5.74, 6) is 1.21. The smallest absolute Gasteiger partial charge is 0.270 e. The molecule has 1 N–H and O–H groups in total. The Morgan fingerprint density at radius 1 is 1.19 bits per heavy atom. The van der Waals surface area contributed by atoms with Gasteiger partial charge in [0, 0.05) is 24.8 Å². The van der Waals surface area contributed by atoms with Crippen LogP contribution in [0.5, 0.6) is 0 Å². The molecule has 0 spiro atoms. The van der Waals surface area contributed by atoms with Crippen molar-refractivity contribution in [1.29, 1.82) is 0 Å². The maximum atomic E-state index is 12.6. The van der Waals surface area contributed by atoms with E-state index < -0.39 is 0 Å². The summed E-state index contributed by atoms with van der Waals surface area (Å²) in [6.45, 7) is 5.31. The van der Waals surface area contributed by atoms with E-state index in [1.165, 1.54) is 24.8 Å². The van der Waals surface area contributed by atoms with Gasteiger partial charge in [-0.15, -0.1) is 0 Å². The van der Waals surface area contributed by atoms with Crippen LogP contribution in [-0.4, -0.2) is 29.0 Å². The number of rotatable bonds is 7. The Bertz CT molecular complexity index is 801. The third-order valence-electron chi connectivity index (χ3n) is 4.83. The molecule has 5 nitrogen and oxygen atoms in total. The number of amides is 1. The van der Waals surface area contributed by atoms with Gasteiger partial charge in [0.15, 0.2) is 0 Å². The Hall–Kier alpha value is -2.69. The topological polar surface area (TPSA) is 58.1 Å². The van der Waals surface area contributed by atoms with E-state index in [9.17, 15) is 4.79 Å². The van der Waals surface area contributed by atoms with Crippen molar-refractivity contribution < 1.29 is 4.79 Å². The number of nitrogens with zero attached hydrogens (tertiary/aromatic N) is 3. The zero-order valence-electron chi connectivity index (χ0n) is 16.2. The number of para-hydroxylation sites is 1. The van der Waals surface area contributed by atoms with Crippen LogP contribution in [-0.2, 0) is 0 Å². The van der Waals surface area contributed by atoms with E-state index in [0.29, 0.717) is 18.1 Å². The molecule has 3 rings (SSSR count). The van der Waals surface area contributed by atoms with Crippen molar-refractivity contribution >= 4 is 17.4 Å². The zero-order valence-corrected chi connectivity index (χ0v) is 16.2. The molecule has 142 valence electrons. The molecule has 27 heavy (non-hydrogen) atoms. The molecule has 0 fully saturated rings. The summed E-state index contributed by atoms with van der Waals surface area (Å²) < 4.78 is 0. The first-order valence-electron chi connectivity index (χ1n) is 9.81. The molecule has 5 heteroatoms. The van der Waals surface area contributed by atoms with Crippen LogP contribution in [0.25, 0.3) is 0 Å². The molecule has 1 aromatic carbocycles. The van der Waals surface area contributed by atoms with E-state index >= 15 is 0 Å². The van der Waals surface area contributed by atoms with Crippen LogP contribution >= 0.6 is 0 Å². The van der Waals surface area contributed by atoms with Gasteiger partial charge >= 0.3 is 0 Å². The predicted octanol–water partition coefficient (Wildman–Crippen LogP) is 4.56. The number of allylic oxidation sites excluding steroid dienone is 1. The summed E-state index contributed by atoms with van der Waals surface area (Å²) in [5.41, 5.74) is 2.93. The van der Waals surface area contributed by atoms with Crippen LogP contribution in [0.15, 0.2) is 48.0 Å². The average molecular weight is 364 g/mol. The molecule has 0 radical (unpaired) electrons. The van der Waals surface area contributed by atoms with Crippen molar-refractivity contribution in [3.05, 3.63) is 59.6 Å². The minimum Gasteiger partial charge on any atom is -0.350 e. The minimum absolute atomic E-state index is 0.137. The Balaban J connectivity index is 1.70. The number of nitrogens with one attached hydrogen (secondary N) is 1. The molecule has 1 aromatic heterocycles. The maximum absolute atomic E-state index is 12.6. The van der Waals surface area contributed by atoms with E-state index in [1.807, 2.05) is 37.3 Å². The lowest BCUT2D eigenvalue weighted by molar-refractivity contribution is 0.0948. The van der Waals surface area contributed by atoms with Crippen LogP contribution in [0.4, 0.5) is 11.5 Å². The van der Waals surface area contributed by atoms with Crippen molar-refractivity contribution in [2.24, 2.45) is 0 Å². The molecular formula is C22H28N4O. The fourth-order valence-electron chi connectivity index (χ4n) is 3.45. The van der Waals surface area contributed by atoms with Crippen molar-refractivity contribution in [2.45, 2.75) is 46.0 Å². The van der Waals surface area contributed by atoms with Crippen LogP contribution in [0.1, 0.15) is 55.3 Å². The largest absolute Gasteiger partial charge is 0.350 e. The first-order chi connectivity index (χ1) is 13.2. The molecule has 0 unspecified atom stereocenters. The Morgan fingerprint density at radius 2 is 2.00 bits per heavy atom. The predicted molar refractivity (Wildman–Crippen MR) is 109 cm³/mol. The SMILES string of the molecule is CCN(c1ccccc1)c1cc(C(=O)NCCC2=CCCCC2)nc(C)n1. The quantitative estimate of drug-likeness (QED) is 0.732. The fourth-order valence-corrected chi connectivity index (χ4v) is 3.45. The van der Waals surface area contributed by atoms with Gasteiger partial charge in [0.1, 0.15) is 17.3 Å². The van der Waals surface area contributed by atoms with Crippen molar-refractivity contribution in [1.82, 2.24) is 15.3 Å². The van der Waals surface area contributed by atoms with Gasteiger partial charge in [0.25, 0.3) is 5.91 Å². The summed E-state index contributed by atoms with van der Waals surface area (Å²) in [4.78, 5) is 23.6. The molecule has 0 saturated carbocycles. The number of carbonyl (C=O) groups is 1. The normalized spacial score (nSPS) is 13.8. The first-order valence-corrected chi connectivity index (χ1v) is 9.81. The molecule has 0 atom stereocenters. The number of benzene rings is 1. The second-order valence-corrected chi connectivity index (χ2v) is 6.85. The van der Waals surface area contributed by atoms with Crippen LogP contribution in [0.3, 0.4) is 0 Å². The van der Waals surface area contributed by atoms with E-state index in [1.54, 1.807) is 6.07 Å². The molecule has 0 aliphatic heterocycles. The van der Waals surface area contributed by atoms with Crippen molar-refractivity contribution in [3.8, 4) is 0 Å². The Labute approximate surface area is 161 Å². The number of aryl methyl sites for hydroxylation is 1. The first kappa shape index (κ1) is 19.1. The second-order valence-electron chi connectivity index (χ2n) is 6.85. The lowest BCUT2D eigenvalue weighted by atomic mass is 9.97. The molecule has 0 bridgehead atoms. The fraction of sp³-hybridized carbons (Fsp3) is 0.409. The highest BCUT2D eigenvalue weighted by Gasteiger charge is 2.15. The third kappa shape index (κ3) is 5.16. The summed E-state index contributed by atoms with van der Waals surface area (Å²) >= 11 is 0. The summed E-state index contributed by atoms with van der Waals surface area (Å²) in [6, 6.07) is 11.8. The number of anilines is 2. The summed E-state index contributed by atoms with van der Waals surface area (Å²) in [6.07, 6.45) is 8.13. The molecule has 1 heterocycles.